The molecule has 0 spiro atoms. The van der Waals surface area contributed by atoms with Crippen molar-refractivity contribution < 1.29 is 129 Å². The molecule has 0 unspecified atom stereocenters. The Morgan fingerprint density at radius 3 is 1.00 bits per heavy atom. The van der Waals surface area contributed by atoms with Crippen LogP contribution in [0.25, 0.3) is 0 Å². The molecule has 0 aliphatic carbocycles. The average Bonchev–Trinajstić information content (AvgIpc) is 1.86. The number of rotatable bonds is 2. The van der Waals surface area contributed by atoms with E-state index in [2.05, 4.69) is 15.9 Å². The Labute approximate surface area is 186 Å². The van der Waals surface area contributed by atoms with Gasteiger partial charge in [-0.15, -0.1) is 38.5 Å². The van der Waals surface area contributed by atoms with Crippen LogP contribution in [0.15, 0.2) is 0 Å². The molecule has 0 aromatic rings. The molecule has 12 heteroatoms. The Hall–Kier alpha value is 4.19. The molecule has 0 aromatic heterocycles. The summed E-state index contributed by atoms with van der Waals surface area (Å²) in [6.07, 6.45) is 0. The largest absolute Gasteiger partial charge is 1.00 e. The van der Waals surface area contributed by atoms with E-state index < -0.39 is 23.5 Å². The fourth-order valence-corrected chi connectivity index (χ4v) is 0. The van der Waals surface area contributed by atoms with E-state index in [9.17, 15) is 25.9 Å². The monoisotopic (exact) mass is 448 g/mol. The zero-order valence-electron chi connectivity index (χ0n) is 7.59. The number of halogens is 8. The van der Waals surface area contributed by atoms with Crippen molar-refractivity contribution in [2.24, 2.45) is 0 Å². The van der Waals surface area contributed by atoms with Crippen LogP contribution in [0.2, 0.25) is 0 Å². The molecule has 0 fully saturated rings. The summed E-state index contributed by atoms with van der Waals surface area (Å²) in [6.45, 7) is -9.07. The van der Waals surface area contributed by atoms with Gasteiger partial charge >= 0.3 is 117 Å². The van der Waals surface area contributed by atoms with E-state index in [0.29, 0.717) is 0 Å². The second-order valence-electron chi connectivity index (χ2n) is 1.73. The second kappa shape index (κ2) is 13.6. The molecule has 0 radical (unpaired) electrons. The van der Waals surface area contributed by atoms with Crippen LogP contribution in [0, 0.1) is 0 Å². The van der Waals surface area contributed by atoms with Crippen molar-refractivity contribution in [3.8, 4) is 0 Å². The normalized spacial score (nSPS) is 10.3. The molecule has 0 nitrogen and oxygen atoms in total. The molecule has 14 heavy (non-hydrogen) atoms. The van der Waals surface area contributed by atoms with E-state index in [4.69, 9.17) is 0 Å². The Morgan fingerprint density at radius 1 is 0.857 bits per heavy atom. The number of hydrogen-bond donors (Lipinski definition) is 0. The molecule has 0 N–H and O–H groups in total. The third-order valence-electron chi connectivity index (χ3n) is 0.350. The fourth-order valence-electron chi connectivity index (χ4n) is 0. The van der Waals surface area contributed by atoms with Crippen molar-refractivity contribution in [3.05, 3.63) is 0 Å². The molecule has 0 atom stereocenters. The van der Waals surface area contributed by atoms with Crippen LogP contribution in [-0.4, -0.2) is 23.5 Å². The first-order valence-electron chi connectivity index (χ1n) is 2.66. The second-order valence-corrected chi connectivity index (χ2v) is 3.26. The molecule has 0 aliphatic rings. The number of hydrogen-bond acceptors (Lipinski definition) is 0. The summed E-state index contributed by atoms with van der Waals surface area (Å²) >= 11 is 3.57. The maximum atomic E-state index is 10.8. The van der Waals surface area contributed by atoms with Crippen LogP contribution in [0.4, 0.5) is 25.9 Å². The van der Waals surface area contributed by atoms with E-state index in [-0.39, 0.29) is 103 Å². The maximum absolute atomic E-state index is 10.8. The Morgan fingerprint density at radius 2 is 1.00 bits per heavy atom. The predicted molar refractivity (Wildman–Crippen MR) is 50.8 cm³/mol. The van der Waals surface area contributed by atoms with Crippen LogP contribution in [0.1, 0.15) is 0 Å². The van der Waals surface area contributed by atoms with Crippen molar-refractivity contribution in [2.45, 2.75) is 0 Å². The summed E-state index contributed by atoms with van der Waals surface area (Å²) in [5.74, 6) is 0. The van der Waals surface area contributed by atoms with Crippen molar-refractivity contribution in [3.63, 3.8) is 0 Å². The molecule has 76 valence electrons. The molecule has 0 aliphatic heterocycles. The van der Waals surface area contributed by atoms with Gasteiger partial charge in [-0.05, 0) is 9.56 Å². The van der Waals surface area contributed by atoms with Gasteiger partial charge in [-0.2, -0.15) is 0 Å². The van der Waals surface area contributed by atoms with Crippen molar-refractivity contribution in [1.29, 1.82) is 0 Å². The van der Waals surface area contributed by atoms with Crippen molar-refractivity contribution in [2.75, 3.05) is 9.56 Å². The Balaban J connectivity index is -0.0000000625. The van der Waals surface area contributed by atoms with Gasteiger partial charge in [-0.1, -0.05) is 0 Å². The summed E-state index contributed by atoms with van der Waals surface area (Å²) in [5, 5.41) is -0.854. The smallest absolute Gasteiger partial charge is 0.448 e. The van der Waals surface area contributed by atoms with Crippen molar-refractivity contribution in [1.82, 2.24) is 0 Å². The van der Waals surface area contributed by atoms with Gasteiger partial charge in [0.25, 0.3) is 0 Å². The van der Waals surface area contributed by atoms with Crippen molar-refractivity contribution >= 4 is 52.5 Å². The van der Waals surface area contributed by atoms with Crippen LogP contribution in [0.3, 0.4) is 0 Å². The summed E-state index contributed by atoms with van der Waals surface area (Å²) in [5.41, 5.74) is 0. The fraction of sp³-hybridized carbons (Fsp3) is 1.00. The van der Waals surface area contributed by atoms with Crippen LogP contribution >= 0.6 is 38.5 Å². The Bertz CT molecular complexity index is 105. The topological polar surface area (TPSA) is 0 Å². The van der Waals surface area contributed by atoms with E-state index >= 15 is 0 Å². The van der Waals surface area contributed by atoms with Crippen LogP contribution < -0.4 is 103 Å². The van der Waals surface area contributed by atoms with Crippen LogP contribution in [0.5, 0.6) is 0 Å². The summed E-state index contributed by atoms with van der Waals surface area (Å²) in [7, 11) is 0. The molecular formula is C2H4B2BrF6IK2. The van der Waals surface area contributed by atoms with Gasteiger partial charge in [0.15, 0.2) is 0 Å². The molecule has 0 rings (SSSR count). The minimum atomic E-state index is -4.57. The molecule has 0 amide bonds. The van der Waals surface area contributed by atoms with Gasteiger partial charge in [0.2, 0.25) is 0 Å². The third kappa shape index (κ3) is 36.0. The summed E-state index contributed by atoms with van der Waals surface area (Å²) in [4.78, 5) is 0. The molecule has 0 bridgehead atoms. The molecule has 0 saturated heterocycles. The van der Waals surface area contributed by atoms with Gasteiger partial charge in [0.05, 0.1) is 0 Å². The summed E-state index contributed by atoms with van der Waals surface area (Å²) < 4.78 is 64.2. The van der Waals surface area contributed by atoms with Gasteiger partial charge < -0.3 is 25.9 Å². The van der Waals surface area contributed by atoms with E-state index in [1.165, 1.54) is 22.6 Å². The number of alkyl halides is 2. The first kappa shape index (κ1) is 26.7. The van der Waals surface area contributed by atoms with Gasteiger partial charge in [0, 0.05) is 0 Å². The molecular weight excluding hydrogens is 445 g/mol. The standard InChI is InChI=1S/CH2BBrF3.CH2BF3I.2K/c3-1-2(4,5)6;3-2(4,5)1-6;;/h2*1H2;;/q2*-1;2*+1. The minimum Gasteiger partial charge on any atom is -0.448 e. The first-order chi connectivity index (χ1) is 5.12. The van der Waals surface area contributed by atoms with E-state index in [1.54, 1.807) is 0 Å². The quantitative estimate of drug-likeness (QED) is 0.191. The van der Waals surface area contributed by atoms with E-state index in [0.717, 1.165) is 0 Å². The van der Waals surface area contributed by atoms with E-state index in [1.807, 2.05) is 0 Å². The molecule has 0 aromatic carbocycles. The minimum absolute atomic E-state index is 0. The van der Waals surface area contributed by atoms with Gasteiger partial charge in [-0.3, -0.25) is 0 Å². The zero-order chi connectivity index (χ0) is 10.4. The third-order valence-corrected chi connectivity index (χ3v) is 2.08. The van der Waals surface area contributed by atoms with Gasteiger partial charge in [0.1, 0.15) is 0 Å². The average molecular weight is 449 g/mol. The van der Waals surface area contributed by atoms with Gasteiger partial charge in [-0.25, -0.2) is 0 Å². The molecule has 0 heterocycles. The maximum Gasteiger partial charge on any atom is 1.00 e. The first-order valence-corrected chi connectivity index (χ1v) is 5.31. The Kier molecular flexibility index (Phi) is 26.0. The SMILES string of the molecule is F[B-](F)(F)CBr.F[B-](F)(F)CI.[K+].[K+]. The summed E-state index contributed by atoms with van der Waals surface area (Å²) in [6, 6.07) is 0. The molecule has 0 saturated carbocycles. The van der Waals surface area contributed by atoms with Crippen LogP contribution in [-0.2, 0) is 0 Å². The zero-order valence-corrected chi connectivity index (χ0v) is 17.6. The predicted octanol–water partition coefficient (Wildman–Crippen LogP) is -2.42.